The Morgan fingerprint density at radius 1 is 0.939 bits per heavy atom. The number of amides is 1. The third-order valence-electron chi connectivity index (χ3n) is 7.58. The van der Waals surface area contributed by atoms with Gasteiger partial charge in [-0.1, -0.05) is 30.3 Å². The number of hydrogen-bond acceptors (Lipinski definition) is 4. The molecule has 5 heteroatoms. The summed E-state index contributed by atoms with van der Waals surface area (Å²) in [4.78, 5) is 19.8. The van der Waals surface area contributed by atoms with Gasteiger partial charge in [-0.2, -0.15) is 0 Å². The molecule has 2 aromatic rings. The summed E-state index contributed by atoms with van der Waals surface area (Å²) in [6.45, 7) is 8.15. The number of aromatic hydroxyl groups is 1. The molecule has 0 spiro atoms. The summed E-state index contributed by atoms with van der Waals surface area (Å²) in [7, 11) is 0. The first-order chi connectivity index (χ1) is 16.1. The number of likely N-dealkylation sites (tertiary alicyclic amines) is 1. The van der Waals surface area contributed by atoms with Gasteiger partial charge in [-0.15, -0.1) is 0 Å². The smallest absolute Gasteiger partial charge is 0.222 e. The van der Waals surface area contributed by atoms with Crippen molar-refractivity contribution in [2.75, 3.05) is 44.2 Å². The molecule has 1 N–H and O–H groups in total. The van der Waals surface area contributed by atoms with Crippen LogP contribution in [0.5, 0.6) is 5.75 Å². The summed E-state index contributed by atoms with van der Waals surface area (Å²) < 4.78 is 0. The molecule has 1 unspecified atom stereocenters. The second-order valence-corrected chi connectivity index (χ2v) is 9.78. The zero-order valence-electron chi connectivity index (χ0n) is 20.0. The maximum Gasteiger partial charge on any atom is 0.222 e. The Kier molecular flexibility index (Phi) is 8.27. The number of aryl methyl sites for hydroxylation is 1. The maximum atomic E-state index is 12.8. The highest BCUT2D eigenvalue weighted by molar-refractivity contribution is 5.76. The van der Waals surface area contributed by atoms with E-state index in [-0.39, 0.29) is 0 Å². The molecule has 1 amide bonds. The molecule has 2 aliphatic rings. The number of phenols is 1. The zero-order chi connectivity index (χ0) is 23.0. The van der Waals surface area contributed by atoms with Gasteiger partial charge < -0.3 is 19.8 Å². The fraction of sp³-hybridized carbons (Fsp3) is 0.536. The molecular weight excluding hydrogens is 410 g/mol. The summed E-state index contributed by atoms with van der Waals surface area (Å²) in [5.74, 6) is 1.36. The molecule has 0 saturated carbocycles. The first-order valence-corrected chi connectivity index (χ1v) is 12.7. The van der Waals surface area contributed by atoms with Crippen LogP contribution in [0.25, 0.3) is 0 Å². The van der Waals surface area contributed by atoms with Crippen molar-refractivity contribution >= 4 is 11.6 Å². The van der Waals surface area contributed by atoms with Crippen LogP contribution in [0.3, 0.4) is 0 Å². The standard InChI is InChI=1S/C28H39N3O2/c1-23(7-8-24-9-12-27(32)13-10-24)29-17-15-25(16-18-29)11-14-28(33)31-21-19-30(20-22-31)26-5-3-2-4-6-26/h2-6,9-10,12-13,23,25,32H,7-8,11,14-22H2,1H3. The number of nitrogens with zero attached hydrogens (tertiary/aromatic N) is 3. The van der Waals surface area contributed by atoms with E-state index in [9.17, 15) is 9.90 Å². The van der Waals surface area contributed by atoms with Crippen LogP contribution < -0.4 is 4.90 Å². The molecule has 5 nitrogen and oxygen atoms in total. The molecule has 33 heavy (non-hydrogen) atoms. The van der Waals surface area contributed by atoms with Crippen molar-refractivity contribution in [3.8, 4) is 5.75 Å². The number of hydrogen-bond donors (Lipinski definition) is 1. The lowest BCUT2D eigenvalue weighted by Gasteiger charge is -2.37. The Hall–Kier alpha value is -2.53. The van der Waals surface area contributed by atoms with E-state index >= 15 is 0 Å². The Morgan fingerprint density at radius 3 is 2.27 bits per heavy atom. The molecule has 2 aliphatic heterocycles. The molecule has 2 saturated heterocycles. The highest BCUT2D eigenvalue weighted by atomic mass is 16.3. The van der Waals surface area contributed by atoms with Crippen LogP contribution in [0.2, 0.25) is 0 Å². The molecule has 2 heterocycles. The fourth-order valence-corrected chi connectivity index (χ4v) is 5.24. The van der Waals surface area contributed by atoms with Gasteiger partial charge >= 0.3 is 0 Å². The lowest BCUT2D eigenvalue weighted by molar-refractivity contribution is -0.131. The van der Waals surface area contributed by atoms with Gasteiger partial charge in [-0.3, -0.25) is 4.79 Å². The highest BCUT2D eigenvalue weighted by Gasteiger charge is 2.25. The molecule has 0 radical (unpaired) electrons. The third kappa shape index (κ3) is 6.73. The summed E-state index contributed by atoms with van der Waals surface area (Å²) in [6, 6.07) is 18.7. The summed E-state index contributed by atoms with van der Waals surface area (Å²) in [5.41, 5.74) is 2.55. The molecule has 4 rings (SSSR count). The predicted molar refractivity (Wildman–Crippen MR) is 135 cm³/mol. The second kappa shape index (κ2) is 11.6. The lowest BCUT2D eigenvalue weighted by atomic mass is 9.90. The Labute approximate surface area is 199 Å². The van der Waals surface area contributed by atoms with Gasteiger partial charge in [0.05, 0.1) is 0 Å². The average Bonchev–Trinajstić information content (AvgIpc) is 2.87. The molecule has 178 valence electrons. The normalized spacial score (nSPS) is 18.9. The van der Waals surface area contributed by atoms with Crippen LogP contribution in [0.1, 0.15) is 44.6 Å². The number of para-hydroxylation sites is 1. The van der Waals surface area contributed by atoms with Crippen molar-refractivity contribution in [1.29, 1.82) is 0 Å². The van der Waals surface area contributed by atoms with Crippen LogP contribution in [-0.4, -0.2) is 66.1 Å². The molecule has 1 atom stereocenters. The van der Waals surface area contributed by atoms with E-state index in [0.717, 1.165) is 58.5 Å². The van der Waals surface area contributed by atoms with Crippen LogP contribution in [-0.2, 0) is 11.2 Å². The summed E-state index contributed by atoms with van der Waals surface area (Å²) in [6.07, 6.45) is 6.34. The van der Waals surface area contributed by atoms with E-state index in [4.69, 9.17) is 0 Å². The van der Waals surface area contributed by atoms with Gasteiger partial charge in [-0.05, 0) is 87.9 Å². The number of piperidine rings is 1. The molecule has 2 fully saturated rings. The van der Waals surface area contributed by atoms with Crippen LogP contribution >= 0.6 is 0 Å². The molecule has 0 bridgehead atoms. The first-order valence-electron chi connectivity index (χ1n) is 12.7. The summed E-state index contributed by atoms with van der Waals surface area (Å²) >= 11 is 0. The fourth-order valence-electron chi connectivity index (χ4n) is 5.24. The topological polar surface area (TPSA) is 47.0 Å². The molecular formula is C28H39N3O2. The van der Waals surface area contributed by atoms with Crippen LogP contribution in [0, 0.1) is 5.92 Å². The highest BCUT2D eigenvalue weighted by Crippen LogP contribution is 2.25. The van der Waals surface area contributed by atoms with Crippen molar-refractivity contribution in [2.24, 2.45) is 5.92 Å². The van der Waals surface area contributed by atoms with E-state index in [1.165, 1.54) is 24.1 Å². The maximum absolute atomic E-state index is 12.8. The molecule has 2 aromatic carbocycles. The number of carbonyl (C=O) groups excluding carboxylic acids is 1. The zero-order valence-corrected chi connectivity index (χ0v) is 20.0. The quantitative estimate of drug-likeness (QED) is 0.642. The summed E-state index contributed by atoms with van der Waals surface area (Å²) in [5, 5.41) is 9.43. The second-order valence-electron chi connectivity index (χ2n) is 9.78. The van der Waals surface area contributed by atoms with Crippen molar-refractivity contribution in [3.63, 3.8) is 0 Å². The third-order valence-corrected chi connectivity index (χ3v) is 7.58. The van der Waals surface area contributed by atoms with Gasteiger partial charge in [0.1, 0.15) is 5.75 Å². The number of benzene rings is 2. The number of carbonyl (C=O) groups is 1. The largest absolute Gasteiger partial charge is 0.508 e. The minimum atomic E-state index is 0.335. The SMILES string of the molecule is CC(CCc1ccc(O)cc1)N1CCC(CCC(=O)N2CCN(c3ccccc3)CC2)CC1. The van der Waals surface area contributed by atoms with Gasteiger partial charge in [-0.25, -0.2) is 0 Å². The Bertz CT molecular complexity index is 854. The van der Waals surface area contributed by atoms with Gasteiger partial charge in [0, 0.05) is 44.3 Å². The van der Waals surface area contributed by atoms with E-state index in [1.807, 2.05) is 18.2 Å². The van der Waals surface area contributed by atoms with Crippen LogP contribution in [0.15, 0.2) is 54.6 Å². The minimum absolute atomic E-state index is 0.335. The van der Waals surface area contributed by atoms with Gasteiger partial charge in [0.2, 0.25) is 5.91 Å². The first kappa shape index (κ1) is 23.6. The van der Waals surface area contributed by atoms with Crippen molar-refractivity contribution in [1.82, 2.24) is 9.80 Å². The van der Waals surface area contributed by atoms with E-state index in [2.05, 4.69) is 45.9 Å². The average molecular weight is 450 g/mol. The van der Waals surface area contributed by atoms with Crippen LogP contribution in [0.4, 0.5) is 5.69 Å². The molecule has 0 aromatic heterocycles. The Balaban J connectivity index is 1.12. The monoisotopic (exact) mass is 449 g/mol. The lowest BCUT2D eigenvalue weighted by Crippen LogP contribution is -2.48. The van der Waals surface area contributed by atoms with Crippen molar-refractivity contribution < 1.29 is 9.90 Å². The number of piperazine rings is 1. The molecule has 0 aliphatic carbocycles. The van der Waals surface area contributed by atoms with Crippen molar-refractivity contribution in [3.05, 3.63) is 60.2 Å². The number of rotatable bonds is 8. The van der Waals surface area contributed by atoms with E-state index < -0.39 is 0 Å². The van der Waals surface area contributed by atoms with E-state index in [1.54, 1.807) is 12.1 Å². The van der Waals surface area contributed by atoms with E-state index in [0.29, 0.717) is 30.0 Å². The Morgan fingerprint density at radius 2 is 1.61 bits per heavy atom. The van der Waals surface area contributed by atoms with Gasteiger partial charge in [0.15, 0.2) is 0 Å². The number of phenolic OH excluding ortho intramolecular Hbond substituents is 1. The number of anilines is 1. The predicted octanol–water partition coefficient (Wildman–Crippen LogP) is 4.55. The van der Waals surface area contributed by atoms with Gasteiger partial charge in [0.25, 0.3) is 0 Å². The minimum Gasteiger partial charge on any atom is -0.508 e. The van der Waals surface area contributed by atoms with Crippen molar-refractivity contribution in [2.45, 2.75) is 51.5 Å².